The number of hydrogen-bond donors (Lipinski definition) is 0. The lowest BCUT2D eigenvalue weighted by Crippen LogP contribution is -2.36. The van der Waals surface area contributed by atoms with Crippen LogP contribution >= 0.6 is 0 Å². The van der Waals surface area contributed by atoms with Gasteiger partial charge in [0, 0.05) is 11.6 Å². The molecule has 3 heteroatoms. The Hall–Kier alpha value is -1.35. The van der Waals surface area contributed by atoms with Gasteiger partial charge in [-0.25, -0.2) is 0 Å². The summed E-state index contributed by atoms with van der Waals surface area (Å²) in [6.45, 7) is 8.85. The van der Waals surface area contributed by atoms with Crippen LogP contribution in [0.1, 0.15) is 5.56 Å². The van der Waals surface area contributed by atoms with Gasteiger partial charge in [0.15, 0.2) is 0 Å². The fourth-order valence-electron chi connectivity index (χ4n) is 1.49. The second kappa shape index (κ2) is 3.90. The standard InChI is InChI=1S/C13H17NOSi/c1-10-5-7-11(8-6-10)12-9-13(15-14-12)16(2,3)4/h5-9H,1-4H3. The zero-order chi connectivity index (χ0) is 11.8. The van der Waals surface area contributed by atoms with Crippen molar-refractivity contribution in [3.63, 3.8) is 0 Å². The molecule has 0 saturated heterocycles. The normalized spacial score (nSPS) is 11.8. The van der Waals surface area contributed by atoms with E-state index in [0.717, 1.165) is 16.6 Å². The molecule has 2 rings (SSSR count). The molecule has 16 heavy (non-hydrogen) atoms. The van der Waals surface area contributed by atoms with Gasteiger partial charge in [-0.05, 0) is 6.92 Å². The number of nitrogens with zero attached hydrogens (tertiary/aromatic N) is 1. The first kappa shape index (κ1) is 11.1. The fourth-order valence-corrected chi connectivity index (χ4v) is 2.38. The molecule has 1 aromatic heterocycles. The Labute approximate surface area is 97.3 Å². The second-order valence-corrected chi connectivity index (χ2v) is 10.2. The smallest absolute Gasteiger partial charge is 0.127 e. The van der Waals surface area contributed by atoms with Crippen LogP contribution in [0.15, 0.2) is 34.9 Å². The van der Waals surface area contributed by atoms with Gasteiger partial charge in [0.2, 0.25) is 0 Å². The maximum atomic E-state index is 5.43. The van der Waals surface area contributed by atoms with Gasteiger partial charge in [0.1, 0.15) is 19.2 Å². The zero-order valence-corrected chi connectivity index (χ0v) is 11.2. The molecule has 1 aromatic carbocycles. The van der Waals surface area contributed by atoms with Crippen LogP contribution in [0.4, 0.5) is 0 Å². The molecule has 84 valence electrons. The Bertz CT molecular complexity index is 479. The highest BCUT2D eigenvalue weighted by Crippen LogP contribution is 2.17. The fraction of sp³-hybridized carbons (Fsp3) is 0.308. The molecular formula is C13H17NOSi. The van der Waals surface area contributed by atoms with Crippen LogP contribution < -0.4 is 5.38 Å². The highest BCUT2D eigenvalue weighted by molar-refractivity contribution is 6.87. The first-order valence-electron chi connectivity index (χ1n) is 5.51. The van der Waals surface area contributed by atoms with E-state index in [9.17, 15) is 0 Å². The lowest BCUT2D eigenvalue weighted by atomic mass is 10.1. The Morgan fingerprint density at radius 3 is 2.19 bits per heavy atom. The van der Waals surface area contributed by atoms with Crippen molar-refractivity contribution >= 4 is 13.5 Å². The summed E-state index contributed by atoms with van der Waals surface area (Å²) in [6, 6.07) is 10.4. The molecule has 0 saturated carbocycles. The highest BCUT2D eigenvalue weighted by atomic mass is 28.3. The molecule has 0 bridgehead atoms. The molecule has 0 aliphatic rings. The van der Waals surface area contributed by atoms with Crippen LogP contribution in [0, 0.1) is 6.92 Å². The van der Waals surface area contributed by atoms with Crippen molar-refractivity contribution in [2.75, 3.05) is 0 Å². The van der Waals surface area contributed by atoms with Crippen molar-refractivity contribution in [2.24, 2.45) is 0 Å². The molecule has 0 N–H and O–H groups in total. The largest absolute Gasteiger partial charge is 0.366 e. The van der Waals surface area contributed by atoms with Gasteiger partial charge < -0.3 is 4.52 Å². The second-order valence-electron chi connectivity index (χ2n) is 5.19. The third kappa shape index (κ3) is 2.24. The van der Waals surface area contributed by atoms with Crippen molar-refractivity contribution in [3.8, 4) is 11.3 Å². The van der Waals surface area contributed by atoms with Crippen LogP contribution in [-0.4, -0.2) is 13.2 Å². The number of aryl methyl sites for hydroxylation is 1. The van der Waals surface area contributed by atoms with E-state index in [2.05, 4.69) is 62.1 Å². The molecule has 0 amide bonds. The highest BCUT2D eigenvalue weighted by Gasteiger charge is 2.22. The van der Waals surface area contributed by atoms with Crippen molar-refractivity contribution in [1.82, 2.24) is 5.16 Å². The van der Waals surface area contributed by atoms with E-state index in [4.69, 9.17) is 4.52 Å². The van der Waals surface area contributed by atoms with Crippen LogP contribution in [-0.2, 0) is 0 Å². The molecule has 0 spiro atoms. The number of aromatic nitrogens is 1. The summed E-state index contributed by atoms with van der Waals surface area (Å²) in [6.07, 6.45) is 0. The SMILES string of the molecule is Cc1ccc(-c2cc([Si](C)(C)C)on2)cc1. The molecule has 0 unspecified atom stereocenters. The minimum Gasteiger partial charge on any atom is -0.366 e. The van der Waals surface area contributed by atoms with Crippen molar-refractivity contribution in [2.45, 2.75) is 26.6 Å². The zero-order valence-electron chi connectivity index (χ0n) is 10.2. The van der Waals surface area contributed by atoms with Gasteiger partial charge in [-0.3, -0.25) is 0 Å². The topological polar surface area (TPSA) is 26.0 Å². The Morgan fingerprint density at radius 2 is 1.69 bits per heavy atom. The maximum absolute atomic E-state index is 5.43. The average molecular weight is 231 g/mol. The summed E-state index contributed by atoms with van der Waals surface area (Å²) in [5, 5.41) is 5.20. The van der Waals surface area contributed by atoms with Gasteiger partial charge in [-0.1, -0.05) is 54.6 Å². The van der Waals surface area contributed by atoms with Crippen LogP contribution in [0.5, 0.6) is 0 Å². The summed E-state index contributed by atoms with van der Waals surface area (Å²) in [5.41, 5.74) is 3.33. The Kier molecular flexibility index (Phi) is 2.72. The summed E-state index contributed by atoms with van der Waals surface area (Å²) in [7, 11) is -1.39. The summed E-state index contributed by atoms with van der Waals surface area (Å²) < 4.78 is 5.43. The van der Waals surface area contributed by atoms with E-state index < -0.39 is 8.07 Å². The van der Waals surface area contributed by atoms with E-state index in [1.54, 1.807) is 0 Å². The number of hydrogen-bond acceptors (Lipinski definition) is 2. The summed E-state index contributed by atoms with van der Waals surface area (Å²) >= 11 is 0. The number of rotatable bonds is 2. The van der Waals surface area contributed by atoms with E-state index >= 15 is 0 Å². The third-order valence-electron chi connectivity index (χ3n) is 2.60. The van der Waals surface area contributed by atoms with Gasteiger partial charge >= 0.3 is 0 Å². The summed E-state index contributed by atoms with van der Waals surface area (Å²) in [4.78, 5) is 0. The first-order chi connectivity index (χ1) is 7.47. The third-order valence-corrected chi connectivity index (χ3v) is 4.31. The summed E-state index contributed by atoms with van der Waals surface area (Å²) in [5.74, 6) is 0. The molecule has 0 aliphatic heterocycles. The number of benzene rings is 1. The Balaban J connectivity index is 2.35. The molecule has 0 radical (unpaired) electrons. The predicted molar refractivity (Wildman–Crippen MR) is 69.7 cm³/mol. The van der Waals surface area contributed by atoms with Gasteiger partial charge in [0.25, 0.3) is 0 Å². The van der Waals surface area contributed by atoms with E-state index in [1.807, 2.05) is 0 Å². The molecule has 0 aliphatic carbocycles. The minimum absolute atomic E-state index is 0.942. The molecular weight excluding hydrogens is 214 g/mol. The monoisotopic (exact) mass is 231 g/mol. The molecule has 2 nitrogen and oxygen atoms in total. The molecule has 0 fully saturated rings. The van der Waals surface area contributed by atoms with Crippen LogP contribution in [0.3, 0.4) is 0 Å². The molecule has 1 heterocycles. The molecule has 2 aromatic rings. The van der Waals surface area contributed by atoms with E-state index in [-0.39, 0.29) is 0 Å². The lowest BCUT2D eigenvalue weighted by Gasteiger charge is -2.08. The van der Waals surface area contributed by atoms with Gasteiger partial charge in [-0.15, -0.1) is 0 Å². The molecule has 0 atom stereocenters. The minimum atomic E-state index is -1.39. The predicted octanol–water partition coefficient (Wildman–Crippen LogP) is 3.20. The van der Waals surface area contributed by atoms with E-state index in [1.165, 1.54) is 5.56 Å². The van der Waals surface area contributed by atoms with Crippen molar-refractivity contribution in [1.29, 1.82) is 0 Å². The maximum Gasteiger partial charge on any atom is 0.127 e. The quantitative estimate of drug-likeness (QED) is 0.742. The lowest BCUT2D eigenvalue weighted by molar-refractivity contribution is 0.446. The van der Waals surface area contributed by atoms with Crippen molar-refractivity contribution in [3.05, 3.63) is 35.9 Å². The van der Waals surface area contributed by atoms with Gasteiger partial charge in [-0.2, -0.15) is 0 Å². The van der Waals surface area contributed by atoms with E-state index in [0.29, 0.717) is 0 Å². The van der Waals surface area contributed by atoms with Crippen molar-refractivity contribution < 1.29 is 4.52 Å². The average Bonchev–Trinajstić information content (AvgIpc) is 2.67. The first-order valence-corrected chi connectivity index (χ1v) is 9.01. The van der Waals surface area contributed by atoms with Gasteiger partial charge in [0.05, 0.1) is 0 Å². The van der Waals surface area contributed by atoms with Crippen LogP contribution in [0.2, 0.25) is 19.6 Å². The van der Waals surface area contributed by atoms with Crippen LogP contribution in [0.25, 0.3) is 11.3 Å². The Morgan fingerprint density at radius 1 is 1.06 bits per heavy atom.